The van der Waals surface area contributed by atoms with E-state index in [0.717, 1.165) is 5.56 Å². The highest BCUT2D eigenvalue weighted by Crippen LogP contribution is 2.45. The first-order chi connectivity index (χ1) is 14.4. The van der Waals surface area contributed by atoms with Crippen molar-refractivity contribution in [3.05, 3.63) is 86.5 Å². The molecular weight excluding hydrogens is 425 g/mol. The second-order valence-corrected chi connectivity index (χ2v) is 7.39. The van der Waals surface area contributed by atoms with E-state index in [4.69, 9.17) is 32.7 Å². The molecule has 0 aromatic heterocycles. The molecule has 156 valence electrons. The van der Waals surface area contributed by atoms with Gasteiger partial charge in [-0.15, -0.1) is 0 Å². The summed E-state index contributed by atoms with van der Waals surface area (Å²) in [4.78, 5) is 25.9. The maximum Gasteiger partial charge on any atom is 0.336 e. The van der Waals surface area contributed by atoms with Crippen molar-refractivity contribution in [3.63, 3.8) is 0 Å². The number of methoxy groups -OCH3 is 1. The predicted octanol–water partition coefficient (Wildman–Crippen LogP) is 5.10. The number of carbonyl (C=O) groups excluding carboxylic acids is 2. The van der Waals surface area contributed by atoms with E-state index in [1.807, 2.05) is 30.3 Å². The first-order valence-corrected chi connectivity index (χ1v) is 10.1. The Labute approximate surface area is 185 Å². The molecule has 0 radical (unpaired) electrons. The molecule has 30 heavy (non-hydrogen) atoms. The van der Waals surface area contributed by atoms with Crippen molar-refractivity contribution in [3.8, 4) is 0 Å². The van der Waals surface area contributed by atoms with E-state index in [1.54, 1.807) is 32.0 Å². The van der Waals surface area contributed by atoms with Crippen molar-refractivity contribution >= 4 is 40.8 Å². The molecule has 1 N–H and O–H groups in total. The van der Waals surface area contributed by atoms with E-state index in [-0.39, 0.29) is 22.8 Å². The lowest BCUT2D eigenvalue weighted by Crippen LogP contribution is -2.32. The SMILES string of the molecule is CCOC(=O)C1=C(C)NC(c2ccccc2)=C(C(=O)OC)C1c1cccc(Cl)c1Cl. The molecule has 1 aliphatic rings. The first kappa shape index (κ1) is 21.9. The molecule has 0 saturated heterocycles. The van der Waals surface area contributed by atoms with Crippen LogP contribution in [0.1, 0.15) is 30.9 Å². The van der Waals surface area contributed by atoms with Crippen LogP contribution in [0.2, 0.25) is 10.0 Å². The van der Waals surface area contributed by atoms with Crippen LogP contribution in [0.25, 0.3) is 5.70 Å². The van der Waals surface area contributed by atoms with E-state index >= 15 is 0 Å². The number of ether oxygens (including phenoxy) is 2. The van der Waals surface area contributed by atoms with Crippen LogP contribution in [0.4, 0.5) is 0 Å². The maximum atomic E-state index is 13.0. The number of nitrogens with one attached hydrogen (secondary N) is 1. The molecule has 1 aliphatic heterocycles. The number of carbonyl (C=O) groups is 2. The Kier molecular flexibility index (Phi) is 6.85. The summed E-state index contributed by atoms with van der Waals surface area (Å²) in [6.07, 6.45) is 0. The van der Waals surface area contributed by atoms with Gasteiger partial charge in [0.1, 0.15) is 0 Å². The summed E-state index contributed by atoms with van der Waals surface area (Å²) in [6.45, 7) is 3.67. The van der Waals surface area contributed by atoms with E-state index in [2.05, 4.69) is 5.32 Å². The van der Waals surface area contributed by atoms with Crippen LogP contribution >= 0.6 is 23.2 Å². The molecule has 1 unspecified atom stereocenters. The number of allylic oxidation sites excluding steroid dienone is 1. The largest absolute Gasteiger partial charge is 0.466 e. The molecule has 5 nitrogen and oxygen atoms in total. The molecule has 0 amide bonds. The monoisotopic (exact) mass is 445 g/mol. The third-order valence-corrected chi connectivity index (χ3v) is 5.65. The summed E-state index contributed by atoms with van der Waals surface area (Å²) in [7, 11) is 1.30. The molecule has 3 rings (SSSR count). The van der Waals surface area contributed by atoms with Gasteiger partial charge in [-0.3, -0.25) is 0 Å². The standard InChI is InChI=1S/C23H21Cl2NO4/c1-4-30-23(28)17-13(2)26-21(14-9-6-5-7-10-14)19(22(27)29-3)18(17)15-11-8-12-16(24)20(15)25/h5-12,18,26H,4H2,1-3H3. The minimum atomic E-state index is -0.820. The minimum absolute atomic E-state index is 0.189. The summed E-state index contributed by atoms with van der Waals surface area (Å²) < 4.78 is 10.4. The van der Waals surface area contributed by atoms with Gasteiger partial charge in [0.2, 0.25) is 0 Å². The highest BCUT2D eigenvalue weighted by Gasteiger charge is 2.40. The van der Waals surface area contributed by atoms with Gasteiger partial charge in [0, 0.05) is 5.70 Å². The second-order valence-electron chi connectivity index (χ2n) is 6.61. The Morgan fingerprint density at radius 1 is 1.00 bits per heavy atom. The van der Waals surface area contributed by atoms with Gasteiger partial charge in [-0.1, -0.05) is 65.7 Å². The van der Waals surface area contributed by atoms with E-state index in [1.165, 1.54) is 7.11 Å². The quantitative estimate of drug-likeness (QED) is 0.648. The van der Waals surface area contributed by atoms with E-state index < -0.39 is 17.9 Å². The van der Waals surface area contributed by atoms with Crippen molar-refractivity contribution in [2.45, 2.75) is 19.8 Å². The highest BCUT2D eigenvalue weighted by molar-refractivity contribution is 6.42. The van der Waals surface area contributed by atoms with Gasteiger partial charge in [0.05, 0.1) is 46.5 Å². The Morgan fingerprint density at radius 2 is 1.70 bits per heavy atom. The number of esters is 2. The molecule has 0 spiro atoms. The fourth-order valence-corrected chi connectivity index (χ4v) is 3.94. The summed E-state index contributed by atoms with van der Waals surface area (Å²) >= 11 is 12.8. The van der Waals surface area contributed by atoms with E-state index in [9.17, 15) is 9.59 Å². The molecule has 2 aromatic carbocycles. The van der Waals surface area contributed by atoms with Crippen molar-refractivity contribution < 1.29 is 19.1 Å². The predicted molar refractivity (Wildman–Crippen MR) is 117 cm³/mol. The number of rotatable bonds is 5. The Balaban J connectivity index is 2.35. The van der Waals surface area contributed by atoms with Crippen LogP contribution in [0.3, 0.4) is 0 Å². The number of hydrogen-bond donors (Lipinski definition) is 1. The average molecular weight is 446 g/mol. The van der Waals surface area contributed by atoms with Crippen molar-refractivity contribution in [1.82, 2.24) is 5.32 Å². The molecule has 0 saturated carbocycles. The molecule has 7 heteroatoms. The number of benzene rings is 2. The lowest BCUT2D eigenvalue weighted by Gasteiger charge is -2.32. The topological polar surface area (TPSA) is 64.6 Å². The minimum Gasteiger partial charge on any atom is -0.466 e. The highest BCUT2D eigenvalue weighted by atomic mass is 35.5. The Hall–Kier alpha value is -2.76. The summed E-state index contributed by atoms with van der Waals surface area (Å²) in [6, 6.07) is 14.4. The van der Waals surface area contributed by atoms with Gasteiger partial charge in [-0.25, -0.2) is 9.59 Å². The fourth-order valence-electron chi connectivity index (χ4n) is 3.52. The normalized spacial score (nSPS) is 16.2. The zero-order valence-electron chi connectivity index (χ0n) is 16.8. The Bertz CT molecular complexity index is 1040. The fraction of sp³-hybridized carbons (Fsp3) is 0.217. The van der Waals surface area contributed by atoms with Crippen molar-refractivity contribution in [2.75, 3.05) is 13.7 Å². The number of halogens is 2. The summed E-state index contributed by atoms with van der Waals surface area (Å²) in [5.74, 6) is -1.95. The summed E-state index contributed by atoms with van der Waals surface area (Å²) in [5.41, 5.74) is 2.91. The third kappa shape index (κ3) is 4.09. The first-order valence-electron chi connectivity index (χ1n) is 9.37. The molecule has 0 fully saturated rings. The molecule has 0 bridgehead atoms. The zero-order valence-corrected chi connectivity index (χ0v) is 18.3. The van der Waals surface area contributed by atoms with Crippen molar-refractivity contribution in [1.29, 1.82) is 0 Å². The van der Waals surface area contributed by atoms with Gasteiger partial charge in [0.15, 0.2) is 0 Å². The molecule has 2 aromatic rings. The van der Waals surface area contributed by atoms with Crippen molar-refractivity contribution in [2.24, 2.45) is 0 Å². The van der Waals surface area contributed by atoms with Gasteiger partial charge < -0.3 is 14.8 Å². The van der Waals surface area contributed by atoms with Crippen LogP contribution in [-0.2, 0) is 19.1 Å². The van der Waals surface area contributed by atoms with Gasteiger partial charge in [-0.2, -0.15) is 0 Å². The smallest absolute Gasteiger partial charge is 0.336 e. The molecular formula is C23H21Cl2NO4. The van der Waals surface area contributed by atoms with Crippen LogP contribution in [0.5, 0.6) is 0 Å². The third-order valence-electron chi connectivity index (χ3n) is 4.82. The number of hydrogen-bond acceptors (Lipinski definition) is 5. The molecule has 0 aliphatic carbocycles. The van der Waals surface area contributed by atoms with Crippen LogP contribution in [0.15, 0.2) is 65.4 Å². The lowest BCUT2D eigenvalue weighted by atomic mass is 9.79. The van der Waals surface area contributed by atoms with Crippen LogP contribution < -0.4 is 5.32 Å². The molecule has 1 atom stereocenters. The molecule has 1 heterocycles. The van der Waals surface area contributed by atoms with Gasteiger partial charge in [-0.05, 0) is 31.0 Å². The second kappa shape index (κ2) is 9.37. The van der Waals surface area contributed by atoms with E-state index in [0.29, 0.717) is 22.0 Å². The Morgan fingerprint density at radius 3 is 2.33 bits per heavy atom. The summed E-state index contributed by atoms with van der Waals surface area (Å²) in [5, 5.41) is 3.78. The maximum absolute atomic E-state index is 13.0. The van der Waals surface area contributed by atoms with Crippen LogP contribution in [-0.4, -0.2) is 25.7 Å². The van der Waals surface area contributed by atoms with Gasteiger partial charge >= 0.3 is 11.9 Å². The van der Waals surface area contributed by atoms with Gasteiger partial charge in [0.25, 0.3) is 0 Å². The number of dihydropyridines is 1. The van der Waals surface area contributed by atoms with Crippen LogP contribution in [0, 0.1) is 0 Å². The average Bonchev–Trinajstić information content (AvgIpc) is 2.75. The lowest BCUT2D eigenvalue weighted by molar-refractivity contribution is -0.139. The zero-order chi connectivity index (χ0) is 21.8.